The molecule has 3 aromatic heterocycles. The second kappa shape index (κ2) is 9.13. The quantitative estimate of drug-likeness (QED) is 0.518. The number of likely N-dealkylation sites (tertiary alicyclic amines) is 1. The van der Waals surface area contributed by atoms with Crippen LogP contribution in [0.3, 0.4) is 0 Å². The molecule has 1 saturated carbocycles. The van der Waals surface area contributed by atoms with Crippen molar-refractivity contribution < 1.29 is 9.90 Å². The van der Waals surface area contributed by atoms with Gasteiger partial charge in [-0.05, 0) is 42.5 Å². The number of fused-ring (bicyclic) bond motifs is 1. The van der Waals surface area contributed by atoms with Crippen LogP contribution in [0.2, 0.25) is 0 Å². The molecule has 0 aromatic carbocycles. The molecule has 178 valence electrons. The fourth-order valence-corrected chi connectivity index (χ4v) is 6.54. The molecule has 0 unspecified atom stereocenters. The second-order valence-corrected chi connectivity index (χ2v) is 10.6. The number of aromatic nitrogens is 2. The van der Waals surface area contributed by atoms with E-state index in [1.165, 1.54) is 18.4 Å². The summed E-state index contributed by atoms with van der Waals surface area (Å²) in [6, 6.07) is 6.18. The van der Waals surface area contributed by atoms with Crippen molar-refractivity contribution in [2.45, 2.75) is 37.7 Å². The summed E-state index contributed by atoms with van der Waals surface area (Å²) in [5.41, 5.74) is 2.31. The summed E-state index contributed by atoms with van der Waals surface area (Å²) in [5.74, 6) is 1.96. The molecule has 0 radical (unpaired) electrons. The summed E-state index contributed by atoms with van der Waals surface area (Å²) >= 11 is 1.54. The first-order valence-electron chi connectivity index (χ1n) is 12.2. The summed E-state index contributed by atoms with van der Waals surface area (Å²) in [5, 5.41) is 17.5. The van der Waals surface area contributed by atoms with E-state index in [1.54, 1.807) is 16.2 Å². The average Bonchev–Trinajstić information content (AvgIpc) is 3.50. The number of nitrogens with zero attached hydrogens (tertiary/aromatic N) is 4. The third kappa shape index (κ3) is 4.12. The lowest BCUT2D eigenvalue weighted by atomic mass is 9.94. The van der Waals surface area contributed by atoms with Crippen molar-refractivity contribution in [3.8, 4) is 0 Å². The minimum atomic E-state index is -0.392. The van der Waals surface area contributed by atoms with E-state index in [1.807, 2.05) is 18.5 Å². The number of thiophene rings is 1. The molecule has 3 aliphatic rings. The fraction of sp³-hybridized carbons (Fsp3) is 0.480. The molecular weight excluding hydrogens is 448 g/mol. The van der Waals surface area contributed by atoms with Gasteiger partial charge in [-0.3, -0.25) is 4.79 Å². The van der Waals surface area contributed by atoms with Crippen LogP contribution in [0.4, 0.5) is 17.3 Å². The van der Waals surface area contributed by atoms with Crippen LogP contribution in [-0.2, 0) is 0 Å². The number of carbonyl (C=O) groups excluding carboxylic acids is 1. The summed E-state index contributed by atoms with van der Waals surface area (Å²) in [7, 11) is 0. The van der Waals surface area contributed by atoms with Crippen molar-refractivity contribution in [1.82, 2.24) is 20.2 Å². The minimum absolute atomic E-state index is 0.0491. The normalized spacial score (nSPS) is 19.6. The maximum absolute atomic E-state index is 13.2. The Morgan fingerprint density at radius 2 is 1.85 bits per heavy atom. The van der Waals surface area contributed by atoms with E-state index in [9.17, 15) is 9.90 Å². The zero-order valence-electron chi connectivity index (χ0n) is 19.2. The van der Waals surface area contributed by atoms with E-state index >= 15 is 0 Å². The van der Waals surface area contributed by atoms with Crippen molar-refractivity contribution >= 4 is 44.7 Å². The fourth-order valence-electron chi connectivity index (χ4n) is 5.33. The number of aliphatic hydroxyl groups is 1. The van der Waals surface area contributed by atoms with Gasteiger partial charge in [0.15, 0.2) is 0 Å². The lowest BCUT2D eigenvalue weighted by molar-refractivity contribution is 0.00614. The van der Waals surface area contributed by atoms with Crippen LogP contribution >= 0.6 is 11.3 Å². The molecule has 1 aliphatic carbocycles. The maximum Gasteiger partial charge on any atom is 0.264 e. The van der Waals surface area contributed by atoms with Gasteiger partial charge >= 0.3 is 0 Å². The molecule has 0 spiro atoms. The Morgan fingerprint density at radius 1 is 1.09 bits per heavy atom. The number of aliphatic hydroxyl groups excluding tert-OH is 1. The number of hydrogen-bond acceptors (Lipinski definition) is 8. The number of β-amino-alcohol motifs (C(OH)–C–C–N with tert-alkyl or cyclic N) is 1. The molecule has 34 heavy (non-hydrogen) atoms. The largest absolute Gasteiger partial charge is 0.389 e. The third-order valence-electron chi connectivity index (χ3n) is 7.21. The van der Waals surface area contributed by atoms with Crippen LogP contribution in [0.25, 0.3) is 10.1 Å². The highest BCUT2D eigenvalue weighted by molar-refractivity contribution is 7.21. The van der Waals surface area contributed by atoms with Crippen molar-refractivity contribution in [2.24, 2.45) is 0 Å². The molecule has 1 amide bonds. The van der Waals surface area contributed by atoms with Crippen LogP contribution in [0.15, 0.2) is 30.6 Å². The number of anilines is 3. The molecule has 2 saturated heterocycles. The van der Waals surface area contributed by atoms with Gasteiger partial charge < -0.3 is 25.5 Å². The smallest absolute Gasteiger partial charge is 0.264 e. The number of rotatable bonds is 5. The molecule has 0 bridgehead atoms. The lowest BCUT2D eigenvalue weighted by Gasteiger charge is -2.35. The van der Waals surface area contributed by atoms with E-state index in [-0.39, 0.29) is 5.91 Å². The zero-order chi connectivity index (χ0) is 23.1. The van der Waals surface area contributed by atoms with Gasteiger partial charge in [-0.15, -0.1) is 11.3 Å². The van der Waals surface area contributed by atoms with Crippen molar-refractivity contribution in [1.29, 1.82) is 0 Å². The number of pyridine rings is 2. The Hall–Kier alpha value is -2.75. The summed E-state index contributed by atoms with van der Waals surface area (Å²) in [4.78, 5) is 27.4. The monoisotopic (exact) mass is 478 g/mol. The molecular formula is C25H30N6O2S. The SMILES string of the molecule is O=C(c1sc2cnc(Nc3ccc(N4CCNCC4)cn3)cc2c1C1CCCC1)N1CC(O)C1. The third-order valence-corrected chi connectivity index (χ3v) is 8.35. The van der Waals surface area contributed by atoms with Gasteiger partial charge in [0.2, 0.25) is 0 Å². The Morgan fingerprint density at radius 3 is 2.56 bits per heavy atom. The Bertz CT molecular complexity index is 1180. The van der Waals surface area contributed by atoms with Crippen molar-refractivity contribution in [2.75, 3.05) is 49.5 Å². The summed E-state index contributed by atoms with van der Waals surface area (Å²) in [6.45, 7) is 4.83. The van der Waals surface area contributed by atoms with Gasteiger partial charge in [-0.1, -0.05) is 12.8 Å². The lowest BCUT2D eigenvalue weighted by Crippen LogP contribution is -2.53. The zero-order valence-corrected chi connectivity index (χ0v) is 20.0. The Labute approximate surface area is 203 Å². The van der Waals surface area contributed by atoms with Gasteiger partial charge in [0.05, 0.1) is 27.6 Å². The highest BCUT2D eigenvalue weighted by Crippen LogP contribution is 2.44. The van der Waals surface area contributed by atoms with E-state index < -0.39 is 6.10 Å². The molecule has 3 aromatic rings. The van der Waals surface area contributed by atoms with Crippen molar-refractivity contribution in [3.63, 3.8) is 0 Å². The van der Waals surface area contributed by atoms with E-state index in [0.29, 0.717) is 19.0 Å². The molecule has 0 atom stereocenters. The molecule has 3 fully saturated rings. The highest BCUT2D eigenvalue weighted by Gasteiger charge is 2.34. The maximum atomic E-state index is 13.2. The average molecular weight is 479 g/mol. The van der Waals surface area contributed by atoms with Gasteiger partial charge in [-0.2, -0.15) is 0 Å². The summed E-state index contributed by atoms with van der Waals surface area (Å²) in [6.07, 6.45) is 8.05. The predicted octanol–water partition coefficient (Wildman–Crippen LogP) is 3.32. The molecule has 8 nitrogen and oxygen atoms in total. The first-order chi connectivity index (χ1) is 16.7. The molecule has 3 N–H and O–H groups in total. The standard InChI is InChI=1S/C25H30N6O2S/c32-18-14-31(15-18)25(33)24-23(16-3-1-2-4-16)19-11-22(28-13-20(19)34-24)29-21-6-5-17(12-27-21)30-9-7-26-8-10-30/h5-6,11-13,16,18,26,32H,1-4,7-10,14-15H2,(H,27,28,29). The summed E-state index contributed by atoms with van der Waals surface area (Å²) < 4.78 is 1.04. The Balaban J connectivity index is 1.28. The van der Waals surface area contributed by atoms with Gasteiger partial charge in [0.25, 0.3) is 5.91 Å². The van der Waals surface area contributed by atoms with E-state index in [0.717, 1.165) is 71.3 Å². The van der Waals surface area contributed by atoms with E-state index in [2.05, 4.69) is 37.6 Å². The van der Waals surface area contributed by atoms with Crippen LogP contribution < -0.4 is 15.5 Å². The first kappa shape index (κ1) is 21.8. The van der Waals surface area contributed by atoms with Crippen LogP contribution in [0.1, 0.15) is 46.8 Å². The number of carbonyl (C=O) groups is 1. The highest BCUT2D eigenvalue weighted by atomic mass is 32.1. The minimum Gasteiger partial charge on any atom is -0.389 e. The van der Waals surface area contributed by atoms with Gasteiger partial charge in [-0.25, -0.2) is 9.97 Å². The van der Waals surface area contributed by atoms with Crippen LogP contribution in [-0.4, -0.2) is 71.3 Å². The number of nitrogens with one attached hydrogen (secondary N) is 2. The second-order valence-electron chi connectivity index (χ2n) is 9.52. The number of hydrogen-bond donors (Lipinski definition) is 3. The van der Waals surface area contributed by atoms with Gasteiger partial charge in [0, 0.05) is 50.9 Å². The van der Waals surface area contributed by atoms with Gasteiger partial charge in [0.1, 0.15) is 11.6 Å². The molecule has 2 aliphatic heterocycles. The van der Waals surface area contributed by atoms with Crippen LogP contribution in [0.5, 0.6) is 0 Å². The molecule has 9 heteroatoms. The first-order valence-corrected chi connectivity index (χ1v) is 13.1. The van der Waals surface area contributed by atoms with E-state index in [4.69, 9.17) is 0 Å². The predicted molar refractivity (Wildman–Crippen MR) is 135 cm³/mol. The molecule has 6 rings (SSSR count). The molecule has 5 heterocycles. The number of amides is 1. The topological polar surface area (TPSA) is 93.6 Å². The number of piperazine rings is 1. The van der Waals surface area contributed by atoms with Crippen molar-refractivity contribution in [3.05, 3.63) is 41.0 Å². The van der Waals surface area contributed by atoms with Crippen LogP contribution in [0, 0.1) is 0 Å². The Kier molecular flexibility index (Phi) is 5.84.